The maximum Gasteiger partial charge on any atom is 0.253 e. The predicted molar refractivity (Wildman–Crippen MR) is 92.4 cm³/mol. The molecule has 0 aliphatic carbocycles. The molecule has 3 rings (SSSR count). The van der Waals surface area contributed by atoms with Crippen LogP contribution in [0.3, 0.4) is 0 Å². The fourth-order valence-electron chi connectivity index (χ4n) is 2.82. The summed E-state index contributed by atoms with van der Waals surface area (Å²) in [4.78, 5) is 24.7. The van der Waals surface area contributed by atoms with Gasteiger partial charge in [-0.15, -0.1) is 0 Å². The first kappa shape index (κ1) is 16.2. The molecule has 1 unspecified atom stereocenters. The zero-order valence-electron chi connectivity index (χ0n) is 14.1. The second-order valence-corrected chi connectivity index (χ2v) is 6.12. The van der Waals surface area contributed by atoms with Crippen molar-refractivity contribution in [3.05, 3.63) is 48.4 Å². The zero-order chi connectivity index (χ0) is 16.9. The van der Waals surface area contributed by atoms with E-state index < -0.39 is 0 Å². The third kappa shape index (κ3) is 3.82. The Kier molecular flexibility index (Phi) is 4.93. The molecule has 1 saturated heterocycles. The van der Waals surface area contributed by atoms with Crippen molar-refractivity contribution >= 4 is 11.6 Å². The van der Waals surface area contributed by atoms with Crippen LogP contribution in [0, 0.1) is 0 Å². The Bertz CT molecular complexity index is 673. The van der Waals surface area contributed by atoms with Gasteiger partial charge in [0.25, 0.3) is 5.91 Å². The first-order chi connectivity index (χ1) is 11.6. The topological polar surface area (TPSA) is 58.6 Å². The number of amides is 1. The van der Waals surface area contributed by atoms with Crippen molar-refractivity contribution in [2.45, 2.75) is 18.9 Å². The van der Waals surface area contributed by atoms with E-state index in [-0.39, 0.29) is 12.0 Å². The number of carbonyl (C=O) groups is 1. The number of likely N-dealkylation sites (tertiary alicyclic amines) is 1. The van der Waals surface area contributed by atoms with E-state index in [1.807, 2.05) is 48.2 Å². The minimum absolute atomic E-state index is 0.0413. The van der Waals surface area contributed by atoms with Crippen LogP contribution in [-0.2, 0) is 0 Å². The molecule has 0 saturated carbocycles. The smallest absolute Gasteiger partial charge is 0.253 e. The summed E-state index contributed by atoms with van der Waals surface area (Å²) in [6, 6.07) is 7.69. The minimum atomic E-state index is -0.0413. The van der Waals surface area contributed by atoms with Crippen LogP contribution in [0.4, 0.5) is 5.69 Å². The molecule has 0 radical (unpaired) electrons. The molecular weight excluding hydrogens is 304 g/mol. The number of rotatable bonds is 4. The lowest BCUT2D eigenvalue weighted by Gasteiger charge is -2.32. The molecule has 1 atom stereocenters. The fourth-order valence-corrected chi connectivity index (χ4v) is 2.82. The van der Waals surface area contributed by atoms with Crippen molar-refractivity contribution in [2.75, 3.05) is 32.1 Å². The van der Waals surface area contributed by atoms with Gasteiger partial charge in [-0.3, -0.25) is 9.78 Å². The van der Waals surface area contributed by atoms with E-state index in [0.717, 1.165) is 25.1 Å². The molecule has 126 valence electrons. The van der Waals surface area contributed by atoms with Crippen LogP contribution in [0.25, 0.3) is 0 Å². The Morgan fingerprint density at radius 2 is 2.04 bits per heavy atom. The number of hydrogen-bond donors (Lipinski definition) is 0. The van der Waals surface area contributed by atoms with Crippen molar-refractivity contribution in [1.29, 1.82) is 0 Å². The van der Waals surface area contributed by atoms with E-state index in [1.54, 1.807) is 18.6 Å². The summed E-state index contributed by atoms with van der Waals surface area (Å²) in [5.41, 5.74) is 1.79. The highest BCUT2D eigenvalue weighted by molar-refractivity contribution is 5.94. The summed E-state index contributed by atoms with van der Waals surface area (Å²) in [6.45, 7) is 1.33. The number of hydrogen-bond acceptors (Lipinski definition) is 5. The Morgan fingerprint density at radius 3 is 2.71 bits per heavy atom. The van der Waals surface area contributed by atoms with Gasteiger partial charge in [0.05, 0.1) is 12.7 Å². The predicted octanol–water partition coefficient (Wildman–Crippen LogP) is 2.23. The Hall–Kier alpha value is -2.63. The van der Waals surface area contributed by atoms with E-state index >= 15 is 0 Å². The molecule has 1 aromatic heterocycles. The lowest BCUT2D eigenvalue weighted by Crippen LogP contribution is -2.44. The van der Waals surface area contributed by atoms with Gasteiger partial charge in [-0.25, -0.2) is 4.98 Å². The molecule has 6 heteroatoms. The maximum atomic E-state index is 12.7. The summed E-state index contributed by atoms with van der Waals surface area (Å²) in [7, 11) is 3.96. The van der Waals surface area contributed by atoms with Crippen LogP contribution in [-0.4, -0.2) is 54.1 Å². The quantitative estimate of drug-likeness (QED) is 0.862. The maximum absolute atomic E-state index is 12.7. The van der Waals surface area contributed by atoms with Gasteiger partial charge in [0.15, 0.2) is 0 Å². The molecule has 1 aliphatic heterocycles. The van der Waals surface area contributed by atoms with Gasteiger partial charge in [-0.05, 0) is 37.1 Å². The Morgan fingerprint density at radius 1 is 1.25 bits per heavy atom. The van der Waals surface area contributed by atoms with Gasteiger partial charge in [0.1, 0.15) is 6.10 Å². The summed E-state index contributed by atoms with van der Waals surface area (Å²) in [5, 5.41) is 0. The van der Waals surface area contributed by atoms with E-state index in [9.17, 15) is 4.79 Å². The summed E-state index contributed by atoms with van der Waals surface area (Å²) >= 11 is 0. The molecule has 1 aliphatic rings. The molecule has 0 bridgehead atoms. The molecule has 1 fully saturated rings. The SMILES string of the molecule is CN(C)c1ccc(C(=O)N2CCCC(Oc3cnccn3)C2)cc1. The first-order valence-electron chi connectivity index (χ1n) is 8.13. The summed E-state index contributed by atoms with van der Waals surface area (Å²) in [5.74, 6) is 0.555. The fraction of sp³-hybridized carbons (Fsp3) is 0.389. The van der Waals surface area contributed by atoms with E-state index in [4.69, 9.17) is 4.74 Å². The molecule has 2 aromatic rings. The van der Waals surface area contributed by atoms with Gasteiger partial charge in [-0.1, -0.05) is 0 Å². The van der Waals surface area contributed by atoms with Crippen molar-refractivity contribution in [2.24, 2.45) is 0 Å². The van der Waals surface area contributed by atoms with Gasteiger partial charge in [0.2, 0.25) is 5.88 Å². The monoisotopic (exact) mass is 326 g/mol. The number of benzene rings is 1. The average Bonchev–Trinajstić information content (AvgIpc) is 2.62. The lowest BCUT2D eigenvalue weighted by atomic mass is 10.1. The standard InChI is InChI=1S/C18H22N4O2/c1-21(2)15-7-5-14(6-8-15)18(23)22-11-3-4-16(13-22)24-17-12-19-9-10-20-17/h5-10,12,16H,3-4,11,13H2,1-2H3. The van der Waals surface area contributed by atoms with Crippen molar-refractivity contribution in [1.82, 2.24) is 14.9 Å². The third-order valence-electron chi connectivity index (χ3n) is 4.12. The van der Waals surface area contributed by atoms with Crippen LogP contribution < -0.4 is 9.64 Å². The molecule has 1 amide bonds. The highest BCUT2D eigenvalue weighted by Crippen LogP contribution is 2.19. The van der Waals surface area contributed by atoms with Crippen molar-refractivity contribution < 1.29 is 9.53 Å². The second kappa shape index (κ2) is 7.29. The molecule has 1 aromatic carbocycles. The van der Waals surface area contributed by atoms with Gasteiger partial charge in [0, 0.05) is 44.3 Å². The van der Waals surface area contributed by atoms with Crippen LogP contribution in [0.5, 0.6) is 5.88 Å². The normalized spacial score (nSPS) is 17.4. The van der Waals surface area contributed by atoms with E-state index in [0.29, 0.717) is 18.0 Å². The average molecular weight is 326 g/mol. The summed E-state index contributed by atoms with van der Waals surface area (Å²) < 4.78 is 5.85. The molecular formula is C18H22N4O2. The number of carbonyl (C=O) groups excluding carboxylic acids is 1. The molecule has 0 N–H and O–H groups in total. The van der Waals surface area contributed by atoms with Crippen LogP contribution >= 0.6 is 0 Å². The molecule has 0 spiro atoms. The number of piperidine rings is 1. The number of aromatic nitrogens is 2. The molecule has 24 heavy (non-hydrogen) atoms. The highest BCUT2D eigenvalue weighted by atomic mass is 16.5. The lowest BCUT2D eigenvalue weighted by molar-refractivity contribution is 0.0527. The zero-order valence-corrected chi connectivity index (χ0v) is 14.1. The number of anilines is 1. The number of ether oxygens (including phenoxy) is 1. The Labute approximate surface area is 142 Å². The van der Waals surface area contributed by atoms with Crippen LogP contribution in [0.1, 0.15) is 23.2 Å². The Balaban J connectivity index is 1.64. The van der Waals surface area contributed by atoms with Crippen molar-refractivity contribution in [3.63, 3.8) is 0 Å². The van der Waals surface area contributed by atoms with Gasteiger partial charge < -0.3 is 14.5 Å². The van der Waals surface area contributed by atoms with Gasteiger partial charge >= 0.3 is 0 Å². The van der Waals surface area contributed by atoms with Crippen molar-refractivity contribution in [3.8, 4) is 5.88 Å². The van der Waals surface area contributed by atoms with Crippen LogP contribution in [0.15, 0.2) is 42.9 Å². The first-order valence-corrected chi connectivity index (χ1v) is 8.13. The number of nitrogens with zero attached hydrogens (tertiary/aromatic N) is 4. The van der Waals surface area contributed by atoms with E-state index in [2.05, 4.69) is 9.97 Å². The molecule has 6 nitrogen and oxygen atoms in total. The second-order valence-electron chi connectivity index (χ2n) is 6.12. The molecule has 2 heterocycles. The van der Waals surface area contributed by atoms with E-state index in [1.165, 1.54) is 0 Å². The van der Waals surface area contributed by atoms with Gasteiger partial charge in [-0.2, -0.15) is 0 Å². The minimum Gasteiger partial charge on any atom is -0.471 e. The third-order valence-corrected chi connectivity index (χ3v) is 4.12. The largest absolute Gasteiger partial charge is 0.471 e. The van der Waals surface area contributed by atoms with Crippen LogP contribution in [0.2, 0.25) is 0 Å². The summed E-state index contributed by atoms with van der Waals surface area (Å²) in [6.07, 6.45) is 6.61. The highest BCUT2D eigenvalue weighted by Gasteiger charge is 2.26.